The lowest BCUT2D eigenvalue weighted by atomic mass is 10.1. The van der Waals surface area contributed by atoms with Crippen molar-refractivity contribution in [1.82, 2.24) is 15.5 Å². The average molecular weight is 318 g/mol. The van der Waals surface area contributed by atoms with Crippen molar-refractivity contribution in [1.29, 1.82) is 0 Å². The molecule has 1 aliphatic rings. The highest BCUT2D eigenvalue weighted by Crippen LogP contribution is 2.17. The molecule has 2 N–H and O–H groups in total. The summed E-state index contributed by atoms with van der Waals surface area (Å²) in [4.78, 5) is 6.82. The second kappa shape index (κ2) is 10.1. The number of nitrogens with zero attached hydrogens (tertiary/aromatic N) is 2. The number of hydrogen-bond acceptors (Lipinski definition) is 3. The highest BCUT2D eigenvalue weighted by atomic mass is 16.5. The molecular formula is C18H30N4O. The molecule has 0 atom stereocenters. The summed E-state index contributed by atoms with van der Waals surface area (Å²) >= 11 is 0. The van der Waals surface area contributed by atoms with E-state index in [0.717, 1.165) is 30.4 Å². The summed E-state index contributed by atoms with van der Waals surface area (Å²) in [7, 11) is 1.81. The fourth-order valence-corrected chi connectivity index (χ4v) is 2.86. The van der Waals surface area contributed by atoms with Gasteiger partial charge in [0.2, 0.25) is 0 Å². The molecule has 1 saturated heterocycles. The molecule has 0 bridgehead atoms. The maximum atomic E-state index is 5.66. The van der Waals surface area contributed by atoms with Gasteiger partial charge >= 0.3 is 0 Å². The first kappa shape index (κ1) is 17.6. The first-order valence-corrected chi connectivity index (χ1v) is 8.71. The van der Waals surface area contributed by atoms with E-state index in [-0.39, 0.29) is 0 Å². The number of ether oxygens (including phenoxy) is 1. The normalized spacial score (nSPS) is 16.2. The molecule has 0 aromatic heterocycles. The van der Waals surface area contributed by atoms with Gasteiger partial charge in [0, 0.05) is 32.2 Å². The highest BCUT2D eigenvalue weighted by Gasteiger charge is 2.09. The molecular weight excluding hydrogens is 288 g/mol. The molecule has 1 aromatic rings. The van der Waals surface area contributed by atoms with Gasteiger partial charge in [-0.15, -0.1) is 0 Å². The van der Waals surface area contributed by atoms with Crippen molar-refractivity contribution in [3.63, 3.8) is 0 Å². The Morgan fingerprint density at radius 2 is 1.96 bits per heavy atom. The van der Waals surface area contributed by atoms with Gasteiger partial charge in [0.05, 0.1) is 6.61 Å². The van der Waals surface area contributed by atoms with Crippen molar-refractivity contribution in [2.75, 3.05) is 39.8 Å². The Morgan fingerprint density at radius 1 is 1.17 bits per heavy atom. The molecule has 0 spiro atoms. The van der Waals surface area contributed by atoms with Crippen LogP contribution in [0.15, 0.2) is 29.3 Å². The van der Waals surface area contributed by atoms with E-state index in [1.165, 1.54) is 32.4 Å². The summed E-state index contributed by atoms with van der Waals surface area (Å²) in [5.41, 5.74) is 1.15. The number of hydrogen-bond donors (Lipinski definition) is 2. The summed E-state index contributed by atoms with van der Waals surface area (Å²) in [5.74, 6) is 1.78. The molecule has 128 valence electrons. The lowest BCUT2D eigenvalue weighted by molar-refractivity contribution is 0.232. The molecule has 1 aliphatic heterocycles. The van der Waals surface area contributed by atoms with E-state index >= 15 is 0 Å². The second-order valence-corrected chi connectivity index (χ2v) is 5.80. The van der Waals surface area contributed by atoms with Crippen LogP contribution in [0.3, 0.4) is 0 Å². The Labute approximate surface area is 140 Å². The van der Waals surface area contributed by atoms with E-state index in [0.29, 0.717) is 13.2 Å². The third-order valence-corrected chi connectivity index (χ3v) is 4.11. The SMILES string of the molecule is CCOc1ccccc1CNC(=NC)NCCN1CCCCC1. The molecule has 0 saturated carbocycles. The van der Waals surface area contributed by atoms with Crippen molar-refractivity contribution < 1.29 is 4.74 Å². The zero-order valence-electron chi connectivity index (χ0n) is 14.5. The van der Waals surface area contributed by atoms with Crippen LogP contribution in [0.1, 0.15) is 31.7 Å². The van der Waals surface area contributed by atoms with Gasteiger partial charge in [-0.05, 0) is 38.9 Å². The highest BCUT2D eigenvalue weighted by molar-refractivity contribution is 5.79. The maximum absolute atomic E-state index is 5.66. The van der Waals surface area contributed by atoms with Crippen molar-refractivity contribution >= 4 is 5.96 Å². The van der Waals surface area contributed by atoms with E-state index in [2.05, 4.69) is 26.6 Å². The molecule has 1 aromatic carbocycles. The molecule has 5 heteroatoms. The number of rotatable bonds is 7. The molecule has 2 rings (SSSR count). The first-order valence-electron chi connectivity index (χ1n) is 8.71. The minimum absolute atomic E-state index is 0.680. The van der Waals surface area contributed by atoms with Gasteiger partial charge < -0.3 is 20.3 Å². The Bertz CT molecular complexity index is 484. The van der Waals surface area contributed by atoms with Crippen LogP contribution in [0.25, 0.3) is 0 Å². The van der Waals surface area contributed by atoms with Crippen LogP contribution in [0, 0.1) is 0 Å². The molecule has 1 heterocycles. The Morgan fingerprint density at radius 3 is 2.70 bits per heavy atom. The maximum Gasteiger partial charge on any atom is 0.191 e. The third kappa shape index (κ3) is 6.10. The van der Waals surface area contributed by atoms with Crippen LogP contribution in [0.4, 0.5) is 0 Å². The van der Waals surface area contributed by atoms with Crippen LogP contribution in [0.5, 0.6) is 5.75 Å². The van der Waals surface area contributed by atoms with E-state index in [1.54, 1.807) is 0 Å². The predicted octanol–water partition coefficient (Wildman–Crippen LogP) is 2.24. The van der Waals surface area contributed by atoms with Gasteiger partial charge in [0.15, 0.2) is 5.96 Å². The lowest BCUT2D eigenvalue weighted by Crippen LogP contribution is -2.42. The largest absolute Gasteiger partial charge is 0.494 e. The average Bonchev–Trinajstić information content (AvgIpc) is 2.60. The van der Waals surface area contributed by atoms with Crippen molar-refractivity contribution in [2.24, 2.45) is 4.99 Å². The molecule has 23 heavy (non-hydrogen) atoms. The first-order chi connectivity index (χ1) is 11.3. The zero-order valence-corrected chi connectivity index (χ0v) is 14.5. The lowest BCUT2D eigenvalue weighted by Gasteiger charge is -2.26. The number of likely N-dealkylation sites (tertiary alicyclic amines) is 1. The Kier molecular flexibility index (Phi) is 7.73. The van der Waals surface area contributed by atoms with E-state index in [4.69, 9.17) is 4.74 Å². The Hall–Kier alpha value is -1.75. The van der Waals surface area contributed by atoms with Crippen LogP contribution in [0.2, 0.25) is 0 Å². The molecule has 0 aliphatic carbocycles. The molecule has 1 fully saturated rings. The van der Waals surface area contributed by atoms with Crippen molar-refractivity contribution in [3.05, 3.63) is 29.8 Å². The Balaban J connectivity index is 1.74. The van der Waals surface area contributed by atoms with Crippen LogP contribution >= 0.6 is 0 Å². The number of piperidine rings is 1. The third-order valence-electron chi connectivity index (χ3n) is 4.11. The summed E-state index contributed by atoms with van der Waals surface area (Å²) < 4.78 is 5.66. The fraction of sp³-hybridized carbons (Fsp3) is 0.611. The zero-order chi connectivity index (χ0) is 16.3. The van der Waals surface area contributed by atoms with Gasteiger partial charge in [-0.25, -0.2) is 0 Å². The van der Waals surface area contributed by atoms with E-state index < -0.39 is 0 Å². The monoisotopic (exact) mass is 318 g/mol. The van der Waals surface area contributed by atoms with Gasteiger partial charge in [-0.1, -0.05) is 24.6 Å². The number of guanidine groups is 1. The predicted molar refractivity (Wildman–Crippen MR) is 96.1 cm³/mol. The van der Waals surface area contributed by atoms with E-state index in [1.807, 2.05) is 32.2 Å². The van der Waals surface area contributed by atoms with Gasteiger partial charge in [0.25, 0.3) is 0 Å². The number of nitrogens with one attached hydrogen (secondary N) is 2. The van der Waals surface area contributed by atoms with Gasteiger partial charge in [-0.2, -0.15) is 0 Å². The second-order valence-electron chi connectivity index (χ2n) is 5.80. The molecule has 0 radical (unpaired) electrons. The van der Waals surface area contributed by atoms with Gasteiger partial charge in [-0.3, -0.25) is 4.99 Å². The summed E-state index contributed by atoms with van der Waals surface area (Å²) in [6.45, 7) is 7.86. The van der Waals surface area contributed by atoms with Crippen LogP contribution < -0.4 is 15.4 Å². The van der Waals surface area contributed by atoms with Crippen molar-refractivity contribution in [3.8, 4) is 5.75 Å². The van der Waals surface area contributed by atoms with Crippen molar-refractivity contribution in [2.45, 2.75) is 32.7 Å². The number of para-hydroxylation sites is 1. The minimum atomic E-state index is 0.680. The minimum Gasteiger partial charge on any atom is -0.494 e. The summed E-state index contributed by atoms with van der Waals surface area (Å²) in [5, 5.41) is 6.76. The molecule has 0 amide bonds. The smallest absolute Gasteiger partial charge is 0.191 e. The number of benzene rings is 1. The summed E-state index contributed by atoms with van der Waals surface area (Å²) in [6.07, 6.45) is 4.05. The van der Waals surface area contributed by atoms with Crippen LogP contribution in [-0.2, 0) is 6.54 Å². The standard InChI is InChI=1S/C18H30N4O/c1-3-23-17-10-6-5-9-16(17)15-21-18(19-2)20-11-14-22-12-7-4-8-13-22/h5-6,9-10H,3-4,7-8,11-15H2,1-2H3,(H2,19,20,21). The van der Waals surface area contributed by atoms with Crippen LogP contribution in [-0.4, -0.2) is 50.7 Å². The fourth-order valence-electron chi connectivity index (χ4n) is 2.86. The van der Waals surface area contributed by atoms with Gasteiger partial charge in [0.1, 0.15) is 5.75 Å². The molecule has 0 unspecified atom stereocenters. The topological polar surface area (TPSA) is 48.9 Å². The quantitative estimate of drug-likeness (QED) is 0.598. The molecule has 5 nitrogen and oxygen atoms in total. The van der Waals surface area contributed by atoms with E-state index in [9.17, 15) is 0 Å². The summed E-state index contributed by atoms with van der Waals surface area (Å²) in [6, 6.07) is 8.12. The number of aliphatic imine (C=N–C) groups is 1.